The second kappa shape index (κ2) is 9.84. The largest absolute Gasteiger partial charge is 0.334 e. The molecule has 0 aliphatic carbocycles. The summed E-state index contributed by atoms with van der Waals surface area (Å²) < 4.78 is 30.1. The number of benzene rings is 2. The zero-order valence-electron chi connectivity index (χ0n) is 20.2. The number of imidazole rings is 1. The van der Waals surface area contributed by atoms with Crippen molar-refractivity contribution in [2.24, 2.45) is 0 Å². The Labute approximate surface area is 218 Å². The van der Waals surface area contributed by atoms with E-state index in [1.54, 1.807) is 6.20 Å². The van der Waals surface area contributed by atoms with Gasteiger partial charge in [0.1, 0.15) is 11.6 Å². The standard InChI is InChI=1S/C28H26ClF2N5O/c29-19-7-5-18(6-8-19)27-25(35-14-2-13-32-28(35)33-27)17-34-15-20-9-10-21(16-34)36(20)26(37)12-11-22-23(30)3-1-4-24(22)31/h1-8,13-14,20-21H,9-12,15-17H2. The molecule has 0 N–H and O–H groups in total. The number of aromatic nitrogens is 3. The van der Waals surface area contributed by atoms with Crippen LogP contribution >= 0.6 is 11.6 Å². The van der Waals surface area contributed by atoms with Crippen molar-refractivity contribution >= 4 is 23.3 Å². The monoisotopic (exact) mass is 521 g/mol. The number of nitrogens with zero attached hydrogens (tertiary/aromatic N) is 5. The highest BCUT2D eigenvalue weighted by Crippen LogP contribution is 2.33. The molecule has 0 radical (unpaired) electrons. The van der Waals surface area contributed by atoms with Crippen molar-refractivity contribution < 1.29 is 13.6 Å². The zero-order valence-corrected chi connectivity index (χ0v) is 20.9. The lowest BCUT2D eigenvalue weighted by atomic mass is 10.1. The lowest BCUT2D eigenvalue weighted by Gasteiger charge is -2.41. The Morgan fingerprint density at radius 3 is 2.41 bits per heavy atom. The second-order valence-corrected chi connectivity index (χ2v) is 10.2. The van der Waals surface area contributed by atoms with Crippen molar-refractivity contribution in [3.63, 3.8) is 0 Å². The number of fused-ring (bicyclic) bond motifs is 3. The van der Waals surface area contributed by atoms with Crippen LogP contribution in [0.3, 0.4) is 0 Å². The minimum atomic E-state index is -0.598. The molecule has 2 bridgehead atoms. The van der Waals surface area contributed by atoms with Crippen molar-refractivity contribution in [2.45, 2.75) is 44.3 Å². The molecule has 4 aromatic rings. The molecule has 2 aromatic carbocycles. The van der Waals surface area contributed by atoms with Gasteiger partial charge in [-0.05, 0) is 49.6 Å². The molecule has 6 rings (SSSR count). The Hall–Kier alpha value is -3.36. The second-order valence-electron chi connectivity index (χ2n) is 9.78. The molecule has 0 saturated carbocycles. The highest BCUT2D eigenvalue weighted by Gasteiger charge is 2.42. The highest BCUT2D eigenvalue weighted by molar-refractivity contribution is 6.30. The Balaban J connectivity index is 1.19. The quantitative estimate of drug-likeness (QED) is 0.353. The van der Waals surface area contributed by atoms with Crippen LogP contribution in [0.5, 0.6) is 0 Å². The van der Waals surface area contributed by atoms with Gasteiger partial charge in [0, 0.05) is 66.7 Å². The van der Waals surface area contributed by atoms with Crippen LogP contribution in [0.25, 0.3) is 17.0 Å². The predicted octanol–water partition coefficient (Wildman–Crippen LogP) is 5.14. The van der Waals surface area contributed by atoms with E-state index in [1.807, 2.05) is 45.8 Å². The number of halogens is 3. The first-order valence-electron chi connectivity index (χ1n) is 12.5. The van der Waals surface area contributed by atoms with Gasteiger partial charge in [-0.3, -0.25) is 14.1 Å². The van der Waals surface area contributed by atoms with Gasteiger partial charge in [-0.15, -0.1) is 0 Å². The first-order chi connectivity index (χ1) is 18.0. The molecule has 2 aliphatic rings. The van der Waals surface area contributed by atoms with Gasteiger partial charge in [-0.25, -0.2) is 18.7 Å². The Morgan fingerprint density at radius 2 is 1.70 bits per heavy atom. The molecule has 2 fully saturated rings. The smallest absolute Gasteiger partial charge is 0.234 e. The molecule has 0 spiro atoms. The van der Waals surface area contributed by atoms with E-state index < -0.39 is 11.6 Å². The summed E-state index contributed by atoms with van der Waals surface area (Å²) in [6.07, 6.45) is 5.73. The van der Waals surface area contributed by atoms with Crippen LogP contribution in [0.1, 0.15) is 30.5 Å². The third-order valence-corrected chi connectivity index (χ3v) is 7.74. The fraction of sp³-hybridized carbons (Fsp3) is 0.321. The summed E-state index contributed by atoms with van der Waals surface area (Å²) in [5.41, 5.74) is 2.87. The van der Waals surface area contributed by atoms with E-state index in [-0.39, 0.29) is 36.4 Å². The molecule has 2 aliphatic heterocycles. The Bertz CT molecular complexity index is 1420. The topological polar surface area (TPSA) is 53.7 Å². The third kappa shape index (κ3) is 4.60. The molecule has 2 aromatic heterocycles. The molecule has 4 heterocycles. The van der Waals surface area contributed by atoms with Crippen LogP contribution in [-0.2, 0) is 17.8 Å². The van der Waals surface area contributed by atoms with E-state index in [4.69, 9.17) is 16.6 Å². The average Bonchev–Trinajstić information content (AvgIpc) is 3.38. The fourth-order valence-corrected chi connectivity index (χ4v) is 5.92. The maximum absolute atomic E-state index is 14.0. The number of piperazine rings is 1. The molecule has 1 amide bonds. The average molecular weight is 522 g/mol. The SMILES string of the molecule is O=C(CCc1c(F)cccc1F)N1C2CCC1CN(Cc1c(-c3ccc(Cl)cc3)nc3ncccn13)C2. The van der Waals surface area contributed by atoms with Gasteiger partial charge in [0.25, 0.3) is 0 Å². The molecule has 2 unspecified atom stereocenters. The van der Waals surface area contributed by atoms with Gasteiger partial charge in [0.05, 0.1) is 11.4 Å². The normalized spacial score (nSPS) is 19.6. The highest BCUT2D eigenvalue weighted by atomic mass is 35.5. The molecular formula is C28H26ClF2N5O. The van der Waals surface area contributed by atoms with Crippen LogP contribution in [0.15, 0.2) is 60.9 Å². The van der Waals surface area contributed by atoms with Crippen molar-refractivity contribution in [1.82, 2.24) is 24.2 Å². The number of hydrogen-bond donors (Lipinski definition) is 0. The number of hydrogen-bond acceptors (Lipinski definition) is 4. The van der Waals surface area contributed by atoms with Crippen molar-refractivity contribution in [1.29, 1.82) is 0 Å². The number of amides is 1. The maximum Gasteiger partial charge on any atom is 0.234 e. The van der Waals surface area contributed by atoms with E-state index >= 15 is 0 Å². The van der Waals surface area contributed by atoms with Gasteiger partial charge in [0.15, 0.2) is 0 Å². The zero-order chi connectivity index (χ0) is 25.5. The summed E-state index contributed by atoms with van der Waals surface area (Å²) in [6, 6.07) is 13.5. The molecule has 37 heavy (non-hydrogen) atoms. The van der Waals surface area contributed by atoms with Gasteiger partial charge >= 0.3 is 0 Å². The van der Waals surface area contributed by atoms with E-state index in [1.165, 1.54) is 18.2 Å². The minimum Gasteiger partial charge on any atom is -0.334 e. The van der Waals surface area contributed by atoms with E-state index in [0.29, 0.717) is 17.3 Å². The predicted molar refractivity (Wildman–Crippen MR) is 137 cm³/mol. The molecule has 9 heteroatoms. The van der Waals surface area contributed by atoms with Gasteiger partial charge in [-0.1, -0.05) is 29.8 Å². The van der Waals surface area contributed by atoms with Crippen LogP contribution < -0.4 is 0 Å². The molecule has 6 nitrogen and oxygen atoms in total. The fourth-order valence-electron chi connectivity index (χ4n) is 5.80. The Kier molecular flexibility index (Phi) is 6.38. The summed E-state index contributed by atoms with van der Waals surface area (Å²) in [4.78, 5) is 26.7. The van der Waals surface area contributed by atoms with Crippen molar-refractivity contribution in [2.75, 3.05) is 13.1 Å². The summed E-state index contributed by atoms with van der Waals surface area (Å²) in [6.45, 7) is 2.15. The number of likely N-dealkylation sites (tertiary alicyclic amines) is 1. The van der Waals surface area contributed by atoms with Gasteiger partial charge in [-0.2, -0.15) is 0 Å². The summed E-state index contributed by atoms with van der Waals surface area (Å²) in [5, 5.41) is 0.669. The van der Waals surface area contributed by atoms with E-state index in [0.717, 1.165) is 42.9 Å². The van der Waals surface area contributed by atoms with Gasteiger partial charge in [0.2, 0.25) is 11.7 Å². The number of carbonyl (C=O) groups is 1. The van der Waals surface area contributed by atoms with Crippen LogP contribution in [0, 0.1) is 11.6 Å². The first kappa shape index (κ1) is 24.0. The van der Waals surface area contributed by atoms with Crippen LogP contribution in [0.2, 0.25) is 5.02 Å². The first-order valence-corrected chi connectivity index (χ1v) is 12.9. The van der Waals surface area contributed by atoms with Crippen molar-refractivity contribution in [3.05, 3.63) is 88.8 Å². The summed E-state index contributed by atoms with van der Waals surface area (Å²) in [7, 11) is 0. The van der Waals surface area contributed by atoms with Crippen molar-refractivity contribution in [3.8, 4) is 11.3 Å². The minimum absolute atomic E-state index is 0.0159. The number of rotatable bonds is 6. The lowest BCUT2D eigenvalue weighted by molar-refractivity contribution is -0.137. The Morgan fingerprint density at radius 1 is 1.00 bits per heavy atom. The van der Waals surface area contributed by atoms with E-state index in [9.17, 15) is 13.6 Å². The molecule has 2 atom stereocenters. The lowest BCUT2D eigenvalue weighted by Crippen LogP contribution is -2.55. The molecular weight excluding hydrogens is 496 g/mol. The maximum atomic E-state index is 14.0. The van der Waals surface area contributed by atoms with E-state index in [2.05, 4.69) is 9.88 Å². The number of carbonyl (C=O) groups excluding carboxylic acids is 1. The van der Waals surface area contributed by atoms with Crippen LogP contribution in [-0.4, -0.2) is 55.2 Å². The molecule has 2 saturated heterocycles. The summed E-state index contributed by atoms with van der Waals surface area (Å²) >= 11 is 6.11. The van der Waals surface area contributed by atoms with Crippen LogP contribution in [0.4, 0.5) is 8.78 Å². The summed E-state index contributed by atoms with van der Waals surface area (Å²) in [5.74, 6) is -0.588. The van der Waals surface area contributed by atoms with Gasteiger partial charge < -0.3 is 4.90 Å². The molecule has 190 valence electrons. The third-order valence-electron chi connectivity index (χ3n) is 7.49.